The normalized spacial score (nSPS) is 10.4. The third-order valence-corrected chi connectivity index (χ3v) is 2.53. The van der Waals surface area contributed by atoms with Gasteiger partial charge in [0.05, 0.1) is 0 Å². The van der Waals surface area contributed by atoms with Crippen LogP contribution in [0.4, 0.5) is 8.78 Å². The summed E-state index contributed by atoms with van der Waals surface area (Å²) in [6.45, 7) is 1.87. The van der Waals surface area contributed by atoms with Gasteiger partial charge in [-0.1, -0.05) is 0 Å². The fourth-order valence-electron chi connectivity index (χ4n) is 1.61. The van der Waals surface area contributed by atoms with Crippen LogP contribution in [0.15, 0.2) is 36.4 Å². The molecule has 0 heterocycles. The first-order chi connectivity index (χ1) is 8.58. The van der Waals surface area contributed by atoms with Gasteiger partial charge in [0, 0.05) is 12.6 Å². The van der Waals surface area contributed by atoms with Crippen LogP contribution < -0.4 is 10.5 Å². The Morgan fingerprint density at radius 1 is 1.06 bits per heavy atom. The van der Waals surface area contributed by atoms with Gasteiger partial charge in [-0.25, -0.2) is 8.78 Å². The topological polar surface area (TPSA) is 35.2 Å². The number of aryl methyl sites for hydroxylation is 1. The van der Waals surface area contributed by atoms with E-state index in [2.05, 4.69) is 0 Å². The summed E-state index contributed by atoms with van der Waals surface area (Å²) in [6, 6.07) is 8.63. The minimum Gasteiger partial charge on any atom is -0.457 e. The molecule has 4 heteroatoms. The maximum absolute atomic E-state index is 13.3. The van der Waals surface area contributed by atoms with Crippen LogP contribution in [0.25, 0.3) is 0 Å². The second-order valence-electron chi connectivity index (χ2n) is 4.01. The van der Waals surface area contributed by atoms with Gasteiger partial charge in [0.1, 0.15) is 23.1 Å². The van der Waals surface area contributed by atoms with Crippen LogP contribution in [0.1, 0.15) is 11.1 Å². The Bertz CT molecular complexity index is 570. The highest BCUT2D eigenvalue weighted by atomic mass is 19.1. The molecular formula is C14H13F2NO. The Balaban J connectivity index is 2.27. The van der Waals surface area contributed by atoms with E-state index in [1.807, 2.05) is 0 Å². The smallest absolute Gasteiger partial charge is 0.130 e. The van der Waals surface area contributed by atoms with E-state index in [1.165, 1.54) is 24.3 Å². The van der Waals surface area contributed by atoms with E-state index < -0.39 is 5.82 Å². The van der Waals surface area contributed by atoms with Crippen molar-refractivity contribution in [1.29, 1.82) is 0 Å². The van der Waals surface area contributed by atoms with Gasteiger partial charge in [-0.15, -0.1) is 0 Å². The number of nitrogens with two attached hydrogens (primary N) is 1. The van der Waals surface area contributed by atoms with Crippen molar-refractivity contribution in [1.82, 2.24) is 0 Å². The Kier molecular flexibility index (Phi) is 3.58. The van der Waals surface area contributed by atoms with Crippen LogP contribution in [0.2, 0.25) is 0 Å². The van der Waals surface area contributed by atoms with E-state index >= 15 is 0 Å². The number of hydrogen-bond donors (Lipinski definition) is 1. The molecule has 18 heavy (non-hydrogen) atoms. The lowest BCUT2D eigenvalue weighted by atomic mass is 10.2. The number of benzene rings is 2. The largest absolute Gasteiger partial charge is 0.457 e. The molecule has 0 unspecified atom stereocenters. The van der Waals surface area contributed by atoms with Gasteiger partial charge >= 0.3 is 0 Å². The summed E-state index contributed by atoms with van der Waals surface area (Å²) in [6.07, 6.45) is 0. The molecule has 2 aromatic carbocycles. The second-order valence-corrected chi connectivity index (χ2v) is 4.01. The second kappa shape index (κ2) is 5.14. The lowest BCUT2D eigenvalue weighted by Gasteiger charge is -2.08. The minimum absolute atomic E-state index is 0.233. The highest BCUT2D eigenvalue weighted by Crippen LogP contribution is 2.25. The van der Waals surface area contributed by atoms with Crippen molar-refractivity contribution in [3.8, 4) is 11.5 Å². The van der Waals surface area contributed by atoms with Crippen LogP contribution in [0.5, 0.6) is 11.5 Å². The van der Waals surface area contributed by atoms with Gasteiger partial charge in [0.2, 0.25) is 0 Å². The molecule has 0 radical (unpaired) electrons. The zero-order valence-corrected chi connectivity index (χ0v) is 9.91. The summed E-state index contributed by atoms with van der Waals surface area (Å²) in [7, 11) is 0. The summed E-state index contributed by atoms with van der Waals surface area (Å²) >= 11 is 0. The summed E-state index contributed by atoms with van der Waals surface area (Å²) < 4.78 is 31.8. The van der Waals surface area contributed by atoms with Crippen LogP contribution in [0, 0.1) is 18.6 Å². The Hall–Kier alpha value is -1.94. The molecule has 0 amide bonds. The Labute approximate surface area is 104 Å². The lowest BCUT2D eigenvalue weighted by molar-refractivity contribution is 0.473. The van der Waals surface area contributed by atoms with Crippen molar-refractivity contribution in [3.05, 3.63) is 59.2 Å². The van der Waals surface area contributed by atoms with Crippen molar-refractivity contribution in [2.75, 3.05) is 0 Å². The molecule has 0 aliphatic heterocycles. The molecule has 0 fully saturated rings. The number of ether oxygens (including phenoxy) is 1. The molecule has 0 saturated carbocycles. The quantitative estimate of drug-likeness (QED) is 0.903. The van der Waals surface area contributed by atoms with Crippen LogP contribution in [-0.2, 0) is 6.54 Å². The molecule has 2 nitrogen and oxygen atoms in total. The number of halogens is 2. The molecule has 2 aromatic rings. The first-order valence-corrected chi connectivity index (χ1v) is 5.52. The summed E-state index contributed by atoms with van der Waals surface area (Å²) in [5.74, 6) is 0.0972. The molecule has 0 atom stereocenters. The van der Waals surface area contributed by atoms with Gasteiger partial charge in [0.25, 0.3) is 0 Å². The highest BCUT2D eigenvalue weighted by Gasteiger charge is 2.04. The molecule has 0 bridgehead atoms. The first-order valence-electron chi connectivity index (χ1n) is 5.52. The molecule has 94 valence electrons. The zero-order chi connectivity index (χ0) is 13.1. The first kappa shape index (κ1) is 12.5. The monoisotopic (exact) mass is 249 g/mol. The fraction of sp³-hybridized carbons (Fsp3) is 0.143. The third kappa shape index (κ3) is 2.84. The maximum atomic E-state index is 13.3. The summed E-state index contributed by atoms with van der Waals surface area (Å²) in [4.78, 5) is 0. The van der Waals surface area contributed by atoms with Crippen molar-refractivity contribution in [3.63, 3.8) is 0 Å². The van der Waals surface area contributed by atoms with Crippen LogP contribution in [-0.4, -0.2) is 0 Å². The van der Waals surface area contributed by atoms with Crippen LogP contribution in [0.3, 0.4) is 0 Å². The van der Waals surface area contributed by atoms with E-state index in [0.29, 0.717) is 22.6 Å². The average Bonchev–Trinajstić information content (AvgIpc) is 2.33. The van der Waals surface area contributed by atoms with Gasteiger partial charge in [-0.3, -0.25) is 0 Å². The SMILES string of the molecule is Cc1cc(Oc2cc(F)cc(CN)c2)ccc1F. The summed E-state index contributed by atoms with van der Waals surface area (Å²) in [5.41, 5.74) is 6.57. The van der Waals surface area contributed by atoms with Crippen molar-refractivity contribution in [2.24, 2.45) is 5.73 Å². The van der Waals surface area contributed by atoms with Gasteiger partial charge < -0.3 is 10.5 Å². The highest BCUT2D eigenvalue weighted by molar-refractivity contribution is 5.36. The van der Waals surface area contributed by atoms with Crippen molar-refractivity contribution >= 4 is 0 Å². The van der Waals surface area contributed by atoms with Crippen LogP contribution >= 0.6 is 0 Å². The van der Waals surface area contributed by atoms with E-state index in [1.54, 1.807) is 19.1 Å². The Morgan fingerprint density at radius 3 is 2.50 bits per heavy atom. The van der Waals surface area contributed by atoms with E-state index in [4.69, 9.17) is 10.5 Å². The van der Waals surface area contributed by atoms with Crippen molar-refractivity contribution < 1.29 is 13.5 Å². The van der Waals surface area contributed by atoms with Gasteiger partial charge in [0.15, 0.2) is 0 Å². The Morgan fingerprint density at radius 2 is 1.83 bits per heavy atom. The molecular weight excluding hydrogens is 236 g/mol. The average molecular weight is 249 g/mol. The van der Waals surface area contributed by atoms with Gasteiger partial charge in [-0.05, 0) is 48.4 Å². The standard InChI is InChI=1S/C14H13F2NO/c1-9-4-12(2-3-14(9)16)18-13-6-10(8-17)5-11(15)7-13/h2-7H,8,17H2,1H3. The van der Waals surface area contributed by atoms with Crippen molar-refractivity contribution in [2.45, 2.75) is 13.5 Å². The number of hydrogen-bond acceptors (Lipinski definition) is 2. The van der Waals surface area contributed by atoms with E-state index in [0.717, 1.165) is 0 Å². The summed E-state index contributed by atoms with van der Waals surface area (Å²) in [5, 5.41) is 0. The maximum Gasteiger partial charge on any atom is 0.130 e. The molecule has 0 aromatic heterocycles. The lowest BCUT2D eigenvalue weighted by Crippen LogP contribution is -1.97. The molecule has 0 aliphatic carbocycles. The molecule has 0 spiro atoms. The van der Waals surface area contributed by atoms with Gasteiger partial charge in [-0.2, -0.15) is 0 Å². The van der Waals surface area contributed by atoms with E-state index in [9.17, 15) is 8.78 Å². The zero-order valence-electron chi connectivity index (χ0n) is 9.91. The van der Waals surface area contributed by atoms with E-state index in [-0.39, 0.29) is 12.4 Å². The number of rotatable bonds is 3. The third-order valence-electron chi connectivity index (χ3n) is 2.53. The predicted octanol–water partition coefficient (Wildman–Crippen LogP) is 3.52. The fourth-order valence-corrected chi connectivity index (χ4v) is 1.61. The molecule has 0 aliphatic rings. The predicted molar refractivity (Wildman–Crippen MR) is 65.5 cm³/mol. The molecule has 2 N–H and O–H groups in total. The molecule has 0 saturated heterocycles. The molecule has 2 rings (SSSR count). The minimum atomic E-state index is -0.410.